The van der Waals surface area contributed by atoms with Crippen LogP contribution in [0.15, 0.2) is 71.5 Å². The summed E-state index contributed by atoms with van der Waals surface area (Å²) in [6.07, 6.45) is 0. The number of para-hydroxylation sites is 3. The van der Waals surface area contributed by atoms with Crippen LogP contribution in [0.4, 0.5) is 11.4 Å². The van der Waals surface area contributed by atoms with Gasteiger partial charge >= 0.3 is 0 Å². The lowest BCUT2D eigenvalue weighted by molar-refractivity contribution is -0.118. The van der Waals surface area contributed by atoms with E-state index in [-0.39, 0.29) is 11.6 Å². The van der Waals surface area contributed by atoms with Gasteiger partial charge in [0.05, 0.1) is 36.6 Å². The molecule has 1 aromatic heterocycles. The molecule has 0 spiro atoms. The normalized spacial score (nSPS) is 11.6. The number of anilines is 2. The first kappa shape index (κ1) is 24.5. The second kappa shape index (κ2) is 10.3. The predicted octanol–water partition coefficient (Wildman–Crippen LogP) is 4.24. The van der Waals surface area contributed by atoms with Crippen molar-refractivity contribution in [2.45, 2.75) is 19.9 Å². The molecule has 9 heteroatoms. The van der Waals surface area contributed by atoms with Gasteiger partial charge in [-0.3, -0.25) is 19.0 Å². The highest BCUT2D eigenvalue weighted by molar-refractivity contribution is 5.97. The van der Waals surface area contributed by atoms with Crippen molar-refractivity contribution < 1.29 is 19.1 Å². The van der Waals surface area contributed by atoms with Gasteiger partial charge in [-0.2, -0.15) is 0 Å². The second-order valence-corrected chi connectivity index (χ2v) is 8.08. The molecule has 4 rings (SSSR count). The van der Waals surface area contributed by atoms with E-state index in [2.05, 4.69) is 15.6 Å². The van der Waals surface area contributed by atoms with E-state index in [0.29, 0.717) is 39.5 Å². The minimum atomic E-state index is -0.909. The molecule has 0 fully saturated rings. The van der Waals surface area contributed by atoms with Crippen molar-refractivity contribution in [3.05, 3.63) is 77.1 Å². The molecule has 0 radical (unpaired) electrons. The molecule has 3 aromatic carbocycles. The van der Waals surface area contributed by atoms with Crippen LogP contribution in [-0.4, -0.2) is 35.6 Å². The summed E-state index contributed by atoms with van der Waals surface area (Å²) in [4.78, 5) is 43.5. The first-order chi connectivity index (χ1) is 17.3. The van der Waals surface area contributed by atoms with E-state index in [9.17, 15) is 14.4 Å². The number of aromatic nitrogens is 2. The average Bonchev–Trinajstić information content (AvgIpc) is 2.88. The van der Waals surface area contributed by atoms with Crippen molar-refractivity contribution in [2.75, 3.05) is 24.9 Å². The number of benzene rings is 3. The Morgan fingerprint density at radius 1 is 0.917 bits per heavy atom. The van der Waals surface area contributed by atoms with Crippen LogP contribution >= 0.6 is 0 Å². The van der Waals surface area contributed by atoms with E-state index in [1.54, 1.807) is 73.7 Å². The maximum atomic E-state index is 13.8. The SMILES string of the molecule is COc1ccc(OC)c(NC(=O)[C@H](C)n2c(=O)c(-c3ccccc3NC(C)=O)nc3ccccc32)c1. The Morgan fingerprint density at radius 2 is 1.64 bits per heavy atom. The molecule has 36 heavy (non-hydrogen) atoms. The van der Waals surface area contributed by atoms with Crippen LogP contribution < -0.4 is 25.7 Å². The Hall–Kier alpha value is -4.66. The van der Waals surface area contributed by atoms with Crippen molar-refractivity contribution in [3.63, 3.8) is 0 Å². The molecule has 0 aliphatic rings. The Bertz CT molecular complexity index is 1510. The molecule has 1 heterocycles. The smallest absolute Gasteiger partial charge is 0.278 e. The number of fused-ring (bicyclic) bond motifs is 1. The van der Waals surface area contributed by atoms with Gasteiger partial charge in [0.2, 0.25) is 11.8 Å². The average molecular weight is 487 g/mol. The highest BCUT2D eigenvalue weighted by Gasteiger charge is 2.24. The Kier molecular flexibility index (Phi) is 7.00. The monoisotopic (exact) mass is 486 g/mol. The number of ether oxygens (including phenoxy) is 2. The molecule has 0 bridgehead atoms. The molecule has 9 nitrogen and oxygen atoms in total. The fraction of sp³-hybridized carbons (Fsp3) is 0.185. The highest BCUT2D eigenvalue weighted by atomic mass is 16.5. The molecule has 1 atom stereocenters. The summed E-state index contributed by atoms with van der Waals surface area (Å²) >= 11 is 0. The number of carbonyl (C=O) groups is 2. The van der Waals surface area contributed by atoms with E-state index in [1.165, 1.54) is 25.7 Å². The van der Waals surface area contributed by atoms with Crippen molar-refractivity contribution in [3.8, 4) is 22.8 Å². The van der Waals surface area contributed by atoms with E-state index < -0.39 is 17.5 Å². The molecular formula is C27H26N4O5. The number of nitrogens with zero attached hydrogens (tertiary/aromatic N) is 2. The van der Waals surface area contributed by atoms with Gasteiger partial charge in [0.15, 0.2) is 0 Å². The van der Waals surface area contributed by atoms with Crippen molar-refractivity contribution in [2.24, 2.45) is 0 Å². The van der Waals surface area contributed by atoms with Gasteiger partial charge in [-0.25, -0.2) is 4.98 Å². The molecule has 2 N–H and O–H groups in total. The number of carbonyl (C=O) groups excluding carboxylic acids is 2. The van der Waals surface area contributed by atoms with Crippen molar-refractivity contribution >= 4 is 34.2 Å². The maximum Gasteiger partial charge on any atom is 0.278 e. The van der Waals surface area contributed by atoms with Crippen LogP contribution in [0.1, 0.15) is 19.9 Å². The molecule has 0 saturated carbocycles. The molecule has 4 aromatic rings. The second-order valence-electron chi connectivity index (χ2n) is 8.08. The third kappa shape index (κ3) is 4.76. The summed E-state index contributed by atoms with van der Waals surface area (Å²) in [5.41, 5.74) is 2.01. The number of hydrogen-bond donors (Lipinski definition) is 2. The number of amides is 2. The molecular weight excluding hydrogens is 460 g/mol. The maximum absolute atomic E-state index is 13.8. The fourth-order valence-electron chi connectivity index (χ4n) is 3.97. The van der Waals surface area contributed by atoms with Crippen LogP contribution in [0.2, 0.25) is 0 Å². The first-order valence-corrected chi connectivity index (χ1v) is 11.2. The zero-order valence-corrected chi connectivity index (χ0v) is 20.4. The fourth-order valence-corrected chi connectivity index (χ4v) is 3.97. The minimum Gasteiger partial charge on any atom is -0.497 e. The Labute approximate surface area is 207 Å². The third-order valence-electron chi connectivity index (χ3n) is 5.72. The van der Waals surface area contributed by atoms with E-state index in [4.69, 9.17) is 9.47 Å². The lowest BCUT2D eigenvalue weighted by atomic mass is 10.1. The van der Waals surface area contributed by atoms with Gasteiger partial charge in [-0.15, -0.1) is 0 Å². The Balaban J connectivity index is 1.84. The molecule has 0 saturated heterocycles. The third-order valence-corrected chi connectivity index (χ3v) is 5.72. The molecule has 0 aliphatic heterocycles. The van der Waals surface area contributed by atoms with Gasteiger partial charge in [-0.05, 0) is 37.3 Å². The zero-order chi connectivity index (χ0) is 25.8. The first-order valence-electron chi connectivity index (χ1n) is 11.2. The van der Waals surface area contributed by atoms with Crippen LogP contribution in [0, 0.1) is 0 Å². The molecule has 2 amide bonds. The van der Waals surface area contributed by atoms with Gasteiger partial charge in [0, 0.05) is 18.6 Å². The lowest BCUT2D eigenvalue weighted by Crippen LogP contribution is -2.33. The Morgan fingerprint density at radius 3 is 2.36 bits per heavy atom. The van der Waals surface area contributed by atoms with Crippen LogP contribution in [0.5, 0.6) is 11.5 Å². The highest BCUT2D eigenvalue weighted by Crippen LogP contribution is 2.30. The van der Waals surface area contributed by atoms with Crippen LogP contribution in [0.25, 0.3) is 22.3 Å². The van der Waals surface area contributed by atoms with Gasteiger partial charge < -0.3 is 20.1 Å². The van der Waals surface area contributed by atoms with E-state index >= 15 is 0 Å². The summed E-state index contributed by atoms with van der Waals surface area (Å²) in [5.74, 6) is 0.292. The van der Waals surface area contributed by atoms with Crippen LogP contribution in [0.3, 0.4) is 0 Å². The molecule has 0 aliphatic carbocycles. The number of hydrogen-bond acceptors (Lipinski definition) is 6. The zero-order valence-electron chi connectivity index (χ0n) is 20.4. The van der Waals surface area contributed by atoms with Gasteiger partial charge in [0.1, 0.15) is 23.2 Å². The predicted molar refractivity (Wildman–Crippen MR) is 139 cm³/mol. The van der Waals surface area contributed by atoms with Gasteiger partial charge in [-0.1, -0.05) is 30.3 Å². The largest absolute Gasteiger partial charge is 0.497 e. The van der Waals surface area contributed by atoms with E-state index in [1.807, 2.05) is 0 Å². The van der Waals surface area contributed by atoms with E-state index in [0.717, 1.165) is 0 Å². The lowest BCUT2D eigenvalue weighted by Gasteiger charge is -2.20. The summed E-state index contributed by atoms with van der Waals surface area (Å²) in [6.45, 7) is 3.03. The quantitative estimate of drug-likeness (QED) is 0.404. The summed E-state index contributed by atoms with van der Waals surface area (Å²) < 4.78 is 12.0. The van der Waals surface area contributed by atoms with Crippen molar-refractivity contribution in [1.29, 1.82) is 0 Å². The summed E-state index contributed by atoms with van der Waals surface area (Å²) in [6, 6.07) is 18.1. The van der Waals surface area contributed by atoms with Crippen molar-refractivity contribution in [1.82, 2.24) is 9.55 Å². The van der Waals surface area contributed by atoms with Gasteiger partial charge in [0.25, 0.3) is 5.56 Å². The standard InChI is InChI=1S/C27H26N4O5/c1-16(26(33)30-22-15-18(35-3)13-14-24(22)36-4)31-23-12-8-7-11-21(23)29-25(27(31)34)19-9-5-6-10-20(19)28-17(2)32/h5-16H,1-4H3,(H,28,32)(H,30,33)/t16-/m0/s1. The molecule has 184 valence electrons. The molecule has 0 unspecified atom stereocenters. The number of rotatable bonds is 7. The summed E-state index contributed by atoms with van der Waals surface area (Å²) in [7, 11) is 3.03. The topological polar surface area (TPSA) is 112 Å². The van der Waals surface area contributed by atoms with Crippen LogP contribution in [-0.2, 0) is 9.59 Å². The minimum absolute atomic E-state index is 0.122. The summed E-state index contributed by atoms with van der Waals surface area (Å²) in [5, 5.41) is 5.58. The number of nitrogens with one attached hydrogen (secondary N) is 2. The number of methoxy groups -OCH3 is 2.